The number of fused-ring (bicyclic) bond motifs is 3. The van der Waals surface area contributed by atoms with Crippen molar-refractivity contribution in [2.24, 2.45) is 4.99 Å². The number of carbonyl (C=O) groups is 1. The van der Waals surface area contributed by atoms with Crippen molar-refractivity contribution in [3.63, 3.8) is 0 Å². The molecule has 1 aliphatic carbocycles. The number of aldehydes is 1. The smallest absolute Gasteiger partial charge is 0.164 e. The van der Waals surface area contributed by atoms with Gasteiger partial charge in [0.2, 0.25) is 0 Å². The van der Waals surface area contributed by atoms with E-state index >= 15 is 0 Å². The zero-order valence-electron chi connectivity index (χ0n) is 10.9. The molecule has 3 nitrogen and oxygen atoms in total. The Hall–Kier alpha value is -1.48. The number of likely N-dealkylation sites (N-methyl/N-ethyl adjacent to an activating group) is 1. The van der Waals surface area contributed by atoms with E-state index < -0.39 is 0 Å². The zero-order valence-corrected chi connectivity index (χ0v) is 10.9. The summed E-state index contributed by atoms with van der Waals surface area (Å²) in [6.07, 6.45) is 4.99. The monoisotopic (exact) mass is 242 g/mol. The number of hydrogen-bond acceptors (Lipinski definition) is 3. The highest BCUT2D eigenvalue weighted by Crippen LogP contribution is 2.37. The predicted octanol–water partition coefficient (Wildman–Crippen LogP) is 1.93. The summed E-state index contributed by atoms with van der Waals surface area (Å²) in [4.78, 5) is 17.7. The first-order valence-corrected chi connectivity index (χ1v) is 6.52. The lowest BCUT2D eigenvalue weighted by atomic mass is 9.85. The molecule has 0 fully saturated rings. The van der Waals surface area contributed by atoms with Crippen LogP contribution in [0.4, 0.5) is 5.69 Å². The average molecular weight is 242 g/mol. The van der Waals surface area contributed by atoms with Crippen molar-refractivity contribution >= 4 is 17.7 Å². The third-order valence-corrected chi connectivity index (χ3v) is 4.14. The molecule has 1 aromatic rings. The summed E-state index contributed by atoms with van der Waals surface area (Å²) in [5, 5.41) is 0. The topological polar surface area (TPSA) is 32.7 Å². The molecular weight excluding hydrogens is 224 g/mol. The second kappa shape index (κ2) is 4.32. The predicted molar refractivity (Wildman–Crippen MR) is 72.8 cm³/mol. The minimum atomic E-state index is 0.597. The Morgan fingerprint density at radius 3 is 2.83 bits per heavy atom. The fourth-order valence-corrected chi connectivity index (χ4v) is 3.02. The average Bonchev–Trinajstić information content (AvgIpc) is 2.81. The van der Waals surface area contributed by atoms with E-state index in [0.717, 1.165) is 24.8 Å². The Kier molecular flexibility index (Phi) is 2.78. The normalized spacial score (nSPS) is 21.5. The van der Waals surface area contributed by atoms with Gasteiger partial charge >= 0.3 is 0 Å². The number of aliphatic imine (C=N–C) groups is 1. The van der Waals surface area contributed by atoms with Gasteiger partial charge in [-0.25, -0.2) is 4.99 Å². The third-order valence-electron chi connectivity index (χ3n) is 4.14. The molecule has 0 radical (unpaired) electrons. The van der Waals surface area contributed by atoms with Crippen molar-refractivity contribution in [2.45, 2.75) is 31.7 Å². The van der Waals surface area contributed by atoms with Crippen LogP contribution >= 0.6 is 0 Å². The van der Waals surface area contributed by atoms with Crippen LogP contribution in [0.2, 0.25) is 0 Å². The number of rotatable bonds is 2. The van der Waals surface area contributed by atoms with Crippen LogP contribution in [0.15, 0.2) is 17.1 Å². The van der Waals surface area contributed by atoms with E-state index in [9.17, 15) is 4.79 Å². The van der Waals surface area contributed by atoms with Crippen molar-refractivity contribution in [3.8, 4) is 0 Å². The molecule has 1 unspecified atom stereocenters. The molecule has 0 saturated carbocycles. The van der Waals surface area contributed by atoms with Crippen LogP contribution in [0.25, 0.3) is 0 Å². The second-order valence-corrected chi connectivity index (χ2v) is 5.47. The zero-order chi connectivity index (χ0) is 12.7. The van der Waals surface area contributed by atoms with Gasteiger partial charge in [-0.2, -0.15) is 0 Å². The maximum Gasteiger partial charge on any atom is 0.164 e. The Morgan fingerprint density at radius 2 is 2.11 bits per heavy atom. The lowest BCUT2D eigenvalue weighted by Gasteiger charge is -2.30. The summed E-state index contributed by atoms with van der Waals surface area (Å²) < 4.78 is 0. The SMILES string of the molecule is CN(C)C1CCc2ccc3c(c2C1)N=C(C=O)C3. The molecule has 1 aromatic carbocycles. The summed E-state index contributed by atoms with van der Waals surface area (Å²) in [5.74, 6) is 0. The van der Waals surface area contributed by atoms with Gasteiger partial charge in [0.25, 0.3) is 0 Å². The Balaban J connectivity index is 2.02. The number of hydrogen-bond donors (Lipinski definition) is 0. The fourth-order valence-electron chi connectivity index (χ4n) is 3.02. The Morgan fingerprint density at radius 1 is 1.33 bits per heavy atom. The highest BCUT2D eigenvalue weighted by Gasteiger charge is 2.26. The van der Waals surface area contributed by atoms with Gasteiger partial charge in [0.1, 0.15) is 0 Å². The number of carbonyl (C=O) groups excluding carboxylic acids is 1. The summed E-state index contributed by atoms with van der Waals surface area (Å²) in [6, 6.07) is 4.97. The van der Waals surface area contributed by atoms with E-state index in [2.05, 4.69) is 36.1 Å². The summed E-state index contributed by atoms with van der Waals surface area (Å²) >= 11 is 0. The van der Waals surface area contributed by atoms with Crippen molar-refractivity contribution in [2.75, 3.05) is 14.1 Å². The van der Waals surface area contributed by atoms with E-state index in [0.29, 0.717) is 18.2 Å². The van der Waals surface area contributed by atoms with Crippen LogP contribution < -0.4 is 0 Å². The van der Waals surface area contributed by atoms with E-state index in [1.165, 1.54) is 23.1 Å². The largest absolute Gasteiger partial charge is 0.306 e. The molecule has 1 atom stereocenters. The van der Waals surface area contributed by atoms with Crippen LogP contribution in [0.1, 0.15) is 23.1 Å². The molecule has 0 aromatic heterocycles. The van der Waals surface area contributed by atoms with Crippen LogP contribution in [0, 0.1) is 0 Å². The lowest BCUT2D eigenvalue weighted by Crippen LogP contribution is -2.33. The van der Waals surface area contributed by atoms with E-state index in [1.54, 1.807) is 0 Å². The first-order chi connectivity index (χ1) is 8.69. The Labute approximate surface area is 108 Å². The molecule has 18 heavy (non-hydrogen) atoms. The van der Waals surface area contributed by atoms with E-state index in [-0.39, 0.29) is 0 Å². The molecule has 0 N–H and O–H groups in total. The van der Waals surface area contributed by atoms with Gasteiger partial charge in [-0.3, -0.25) is 4.79 Å². The minimum Gasteiger partial charge on any atom is -0.306 e. The molecule has 3 rings (SSSR count). The first-order valence-electron chi connectivity index (χ1n) is 6.52. The van der Waals surface area contributed by atoms with Crippen LogP contribution in [-0.2, 0) is 24.1 Å². The van der Waals surface area contributed by atoms with Crippen LogP contribution in [0.3, 0.4) is 0 Å². The van der Waals surface area contributed by atoms with Crippen molar-refractivity contribution in [1.29, 1.82) is 0 Å². The summed E-state index contributed by atoms with van der Waals surface area (Å²) in [6.45, 7) is 0. The number of aryl methyl sites for hydroxylation is 1. The highest BCUT2D eigenvalue weighted by atomic mass is 16.1. The molecule has 0 bridgehead atoms. The number of benzene rings is 1. The van der Waals surface area contributed by atoms with Gasteiger partial charge in [-0.1, -0.05) is 12.1 Å². The van der Waals surface area contributed by atoms with Crippen molar-refractivity contribution < 1.29 is 4.79 Å². The maximum absolute atomic E-state index is 10.9. The van der Waals surface area contributed by atoms with Gasteiger partial charge in [-0.05, 0) is 50.0 Å². The second-order valence-electron chi connectivity index (χ2n) is 5.47. The van der Waals surface area contributed by atoms with Gasteiger partial charge in [0, 0.05) is 12.5 Å². The summed E-state index contributed by atoms with van der Waals surface area (Å²) in [5.41, 5.74) is 5.76. The van der Waals surface area contributed by atoms with Crippen molar-refractivity contribution in [3.05, 3.63) is 28.8 Å². The molecule has 0 spiro atoms. The van der Waals surface area contributed by atoms with Gasteiger partial charge in [0.05, 0.1) is 11.4 Å². The molecular formula is C15H18N2O. The molecule has 0 amide bonds. The molecule has 3 heteroatoms. The Bertz CT molecular complexity index is 532. The minimum absolute atomic E-state index is 0.597. The third kappa shape index (κ3) is 1.79. The van der Waals surface area contributed by atoms with Crippen LogP contribution in [-0.4, -0.2) is 37.0 Å². The molecule has 0 saturated heterocycles. The fraction of sp³-hybridized carbons (Fsp3) is 0.467. The highest BCUT2D eigenvalue weighted by molar-refractivity contribution is 6.31. The first kappa shape index (κ1) is 11.6. The quantitative estimate of drug-likeness (QED) is 0.742. The lowest BCUT2D eigenvalue weighted by molar-refractivity contribution is -0.102. The molecule has 94 valence electrons. The maximum atomic E-state index is 10.9. The van der Waals surface area contributed by atoms with Gasteiger partial charge in [-0.15, -0.1) is 0 Å². The van der Waals surface area contributed by atoms with E-state index in [4.69, 9.17) is 0 Å². The van der Waals surface area contributed by atoms with Gasteiger partial charge in [0.15, 0.2) is 6.29 Å². The molecule has 1 heterocycles. The van der Waals surface area contributed by atoms with Gasteiger partial charge < -0.3 is 4.90 Å². The standard InChI is InChI=1S/C15H18N2O/c1-17(2)13-6-5-10-3-4-11-7-12(9-18)16-15(11)14(10)8-13/h3-4,9,13H,5-8H2,1-2H3. The molecule has 1 aliphatic heterocycles. The molecule has 2 aliphatic rings. The van der Waals surface area contributed by atoms with Crippen molar-refractivity contribution in [1.82, 2.24) is 4.90 Å². The summed E-state index contributed by atoms with van der Waals surface area (Å²) in [7, 11) is 4.28. The number of nitrogens with zero attached hydrogens (tertiary/aromatic N) is 2. The van der Waals surface area contributed by atoms with Crippen LogP contribution in [0.5, 0.6) is 0 Å². The van der Waals surface area contributed by atoms with E-state index in [1.807, 2.05) is 0 Å².